The number of aryl methyl sites for hydroxylation is 1. The first kappa shape index (κ1) is 13.6. The Morgan fingerprint density at radius 3 is 2.68 bits per heavy atom. The molecule has 1 aromatic carbocycles. The average Bonchev–Trinajstić information content (AvgIpc) is 2.75. The Morgan fingerprint density at radius 1 is 1.37 bits per heavy atom. The summed E-state index contributed by atoms with van der Waals surface area (Å²) in [4.78, 5) is 3.97. The molecule has 0 amide bonds. The molecule has 0 spiro atoms. The number of nitrogens with zero attached hydrogens (tertiary/aromatic N) is 2. The number of hydrogen-bond donors (Lipinski definition) is 1. The number of aliphatic hydroxyl groups excluding tert-OH is 1. The minimum Gasteiger partial charge on any atom is -0.386 e. The van der Waals surface area contributed by atoms with Gasteiger partial charge >= 0.3 is 6.18 Å². The van der Waals surface area contributed by atoms with Gasteiger partial charge in [0.05, 0.1) is 17.6 Å². The summed E-state index contributed by atoms with van der Waals surface area (Å²) in [5.41, 5.74) is 0.158. The first-order valence-corrected chi connectivity index (χ1v) is 5.68. The van der Waals surface area contributed by atoms with E-state index in [1.807, 2.05) is 0 Å². The van der Waals surface area contributed by atoms with Gasteiger partial charge in [-0.15, -0.1) is 0 Å². The van der Waals surface area contributed by atoms with E-state index < -0.39 is 17.8 Å². The van der Waals surface area contributed by atoms with Crippen molar-refractivity contribution in [3.05, 3.63) is 53.6 Å². The third kappa shape index (κ3) is 3.35. The van der Waals surface area contributed by atoms with Crippen molar-refractivity contribution < 1.29 is 18.3 Å². The summed E-state index contributed by atoms with van der Waals surface area (Å²) in [5.74, 6) is 0. The molecule has 3 nitrogen and oxygen atoms in total. The largest absolute Gasteiger partial charge is 0.416 e. The molecule has 0 saturated heterocycles. The smallest absolute Gasteiger partial charge is 0.386 e. The number of imidazole rings is 1. The summed E-state index contributed by atoms with van der Waals surface area (Å²) in [6.45, 7) is 0. The highest BCUT2D eigenvalue weighted by Gasteiger charge is 2.30. The van der Waals surface area contributed by atoms with Crippen molar-refractivity contribution in [2.45, 2.75) is 18.7 Å². The second kappa shape index (κ2) is 5.05. The van der Waals surface area contributed by atoms with Crippen molar-refractivity contribution in [2.75, 3.05) is 0 Å². The van der Waals surface area contributed by atoms with Gasteiger partial charge in [0.15, 0.2) is 0 Å². The van der Waals surface area contributed by atoms with E-state index in [1.165, 1.54) is 12.4 Å². The maximum Gasteiger partial charge on any atom is 0.416 e. The predicted octanol–water partition coefficient (Wildman–Crippen LogP) is 2.72. The zero-order valence-electron chi connectivity index (χ0n) is 10.2. The Labute approximate surface area is 108 Å². The number of aromatic nitrogens is 2. The molecule has 2 rings (SSSR count). The molecular formula is C13H13F3N2O. The van der Waals surface area contributed by atoms with E-state index in [2.05, 4.69) is 4.98 Å². The molecule has 0 aliphatic heterocycles. The number of hydrogen-bond acceptors (Lipinski definition) is 2. The normalized spacial score (nSPS) is 13.5. The van der Waals surface area contributed by atoms with E-state index in [1.54, 1.807) is 23.9 Å². The highest BCUT2D eigenvalue weighted by molar-refractivity contribution is 5.26. The van der Waals surface area contributed by atoms with E-state index >= 15 is 0 Å². The number of benzene rings is 1. The minimum absolute atomic E-state index is 0.0981. The van der Waals surface area contributed by atoms with Crippen LogP contribution in [0.2, 0.25) is 0 Å². The van der Waals surface area contributed by atoms with Gasteiger partial charge in [0.25, 0.3) is 0 Å². The van der Waals surface area contributed by atoms with Gasteiger partial charge in [0.1, 0.15) is 6.10 Å². The quantitative estimate of drug-likeness (QED) is 0.931. The van der Waals surface area contributed by atoms with E-state index in [0.717, 1.165) is 12.1 Å². The summed E-state index contributed by atoms with van der Waals surface area (Å²) in [6.07, 6.45) is -2.01. The summed E-state index contributed by atoms with van der Waals surface area (Å²) < 4.78 is 39.3. The number of aliphatic hydroxyl groups is 1. The van der Waals surface area contributed by atoms with Crippen LogP contribution < -0.4 is 0 Å². The molecule has 6 heteroatoms. The topological polar surface area (TPSA) is 38.0 Å². The van der Waals surface area contributed by atoms with Crippen molar-refractivity contribution in [2.24, 2.45) is 7.05 Å². The van der Waals surface area contributed by atoms with Crippen LogP contribution in [0.1, 0.15) is 22.9 Å². The van der Waals surface area contributed by atoms with E-state index in [4.69, 9.17) is 0 Å². The lowest BCUT2D eigenvalue weighted by Crippen LogP contribution is -2.07. The first-order chi connectivity index (χ1) is 8.86. The average molecular weight is 270 g/mol. The molecule has 0 aliphatic rings. The van der Waals surface area contributed by atoms with Crippen LogP contribution in [-0.4, -0.2) is 14.7 Å². The Kier molecular flexibility index (Phi) is 3.61. The van der Waals surface area contributed by atoms with Gasteiger partial charge in [-0.05, 0) is 11.6 Å². The fourth-order valence-electron chi connectivity index (χ4n) is 1.81. The van der Waals surface area contributed by atoms with Gasteiger partial charge in [-0.1, -0.05) is 18.2 Å². The highest BCUT2D eigenvalue weighted by Crippen LogP contribution is 2.30. The second-order valence-corrected chi connectivity index (χ2v) is 4.38. The zero-order valence-corrected chi connectivity index (χ0v) is 10.2. The molecule has 1 N–H and O–H groups in total. The van der Waals surface area contributed by atoms with E-state index in [9.17, 15) is 18.3 Å². The summed E-state index contributed by atoms with van der Waals surface area (Å²) in [7, 11) is 1.76. The van der Waals surface area contributed by atoms with Crippen LogP contribution in [-0.2, 0) is 19.6 Å². The number of halogens is 3. The third-order valence-electron chi connectivity index (χ3n) is 2.75. The van der Waals surface area contributed by atoms with Crippen molar-refractivity contribution >= 4 is 0 Å². The summed E-state index contributed by atoms with van der Waals surface area (Å²) in [5, 5.41) is 9.92. The molecule has 1 heterocycles. The molecule has 1 atom stereocenters. The molecule has 0 bridgehead atoms. The lowest BCUT2D eigenvalue weighted by Gasteiger charge is -2.11. The first-order valence-electron chi connectivity index (χ1n) is 5.68. The van der Waals surface area contributed by atoms with Gasteiger partial charge in [-0.3, -0.25) is 0 Å². The van der Waals surface area contributed by atoms with Gasteiger partial charge in [0.2, 0.25) is 0 Å². The molecule has 0 radical (unpaired) electrons. The monoisotopic (exact) mass is 270 g/mol. The maximum atomic E-state index is 12.6. The summed E-state index contributed by atoms with van der Waals surface area (Å²) in [6, 6.07) is 4.95. The lowest BCUT2D eigenvalue weighted by molar-refractivity contribution is -0.137. The fourth-order valence-corrected chi connectivity index (χ4v) is 1.81. The second-order valence-electron chi connectivity index (χ2n) is 4.38. The molecule has 102 valence electrons. The Hall–Kier alpha value is -1.82. The van der Waals surface area contributed by atoms with Crippen LogP contribution in [0.3, 0.4) is 0 Å². The van der Waals surface area contributed by atoms with Gasteiger partial charge in [0, 0.05) is 19.7 Å². The molecule has 1 aromatic heterocycles. The van der Waals surface area contributed by atoms with Crippen molar-refractivity contribution in [3.8, 4) is 0 Å². The molecule has 2 aromatic rings. The Balaban J connectivity index is 2.15. The zero-order chi connectivity index (χ0) is 14.0. The van der Waals surface area contributed by atoms with Gasteiger partial charge in [-0.2, -0.15) is 13.2 Å². The van der Waals surface area contributed by atoms with E-state index in [0.29, 0.717) is 11.3 Å². The highest BCUT2D eigenvalue weighted by atomic mass is 19.4. The van der Waals surface area contributed by atoms with E-state index in [-0.39, 0.29) is 6.42 Å². The van der Waals surface area contributed by atoms with Crippen LogP contribution in [0.5, 0.6) is 0 Å². The minimum atomic E-state index is -4.37. The van der Waals surface area contributed by atoms with Crippen molar-refractivity contribution in [1.29, 1.82) is 0 Å². The van der Waals surface area contributed by atoms with Crippen LogP contribution in [0.25, 0.3) is 0 Å². The number of alkyl halides is 3. The number of rotatable bonds is 3. The molecular weight excluding hydrogens is 257 g/mol. The molecule has 1 unspecified atom stereocenters. The predicted molar refractivity (Wildman–Crippen MR) is 63.3 cm³/mol. The van der Waals surface area contributed by atoms with Crippen LogP contribution >= 0.6 is 0 Å². The van der Waals surface area contributed by atoms with Crippen molar-refractivity contribution in [3.63, 3.8) is 0 Å². The SMILES string of the molecule is Cn1cnc(C(O)Cc2cccc(C(F)(F)F)c2)c1. The Bertz CT molecular complexity index is 563. The van der Waals surface area contributed by atoms with Crippen molar-refractivity contribution in [1.82, 2.24) is 9.55 Å². The van der Waals surface area contributed by atoms with Gasteiger partial charge in [-0.25, -0.2) is 4.98 Å². The van der Waals surface area contributed by atoms with Gasteiger partial charge < -0.3 is 9.67 Å². The lowest BCUT2D eigenvalue weighted by atomic mass is 10.0. The van der Waals surface area contributed by atoms with Crippen LogP contribution in [0.4, 0.5) is 13.2 Å². The molecule has 0 aliphatic carbocycles. The standard InChI is InChI=1S/C13H13F3N2O/c1-18-7-11(17-8-18)12(19)6-9-3-2-4-10(5-9)13(14,15)16/h2-5,7-8,12,19H,6H2,1H3. The summed E-state index contributed by atoms with van der Waals surface area (Å²) >= 11 is 0. The maximum absolute atomic E-state index is 12.6. The molecule has 0 fully saturated rings. The third-order valence-corrected chi connectivity index (χ3v) is 2.75. The Morgan fingerprint density at radius 2 is 2.11 bits per heavy atom. The molecule has 19 heavy (non-hydrogen) atoms. The molecule has 0 saturated carbocycles. The fraction of sp³-hybridized carbons (Fsp3) is 0.308. The van der Waals surface area contributed by atoms with Crippen LogP contribution in [0, 0.1) is 0 Å². The van der Waals surface area contributed by atoms with Crippen LogP contribution in [0.15, 0.2) is 36.8 Å².